The van der Waals surface area contributed by atoms with Crippen LogP contribution in [0.15, 0.2) is 0 Å². The lowest BCUT2D eigenvalue weighted by molar-refractivity contribution is -0.128. The highest BCUT2D eigenvalue weighted by molar-refractivity contribution is 5.82. The predicted molar refractivity (Wildman–Crippen MR) is 102 cm³/mol. The van der Waals surface area contributed by atoms with E-state index in [0.29, 0.717) is 35.7 Å². The normalized spacial score (nSPS) is 31.1. The molecule has 3 aliphatic carbocycles. The average Bonchev–Trinajstić information content (AvgIpc) is 2.94. The minimum absolute atomic E-state index is 0.333. The highest BCUT2D eigenvalue weighted by Crippen LogP contribution is 2.44. The van der Waals surface area contributed by atoms with Crippen molar-refractivity contribution in [3.8, 4) is 0 Å². The maximum atomic E-state index is 12.8. The van der Waals surface area contributed by atoms with Gasteiger partial charge in [0.25, 0.3) is 0 Å². The third-order valence-corrected chi connectivity index (χ3v) is 7.40. The summed E-state index contributed by atoms with van der Waals surface area (Å²) in [6.45, 7) is 0. The Morgan fingerprint density at radius 3 is 1.96 bits per heavy atom. The zero-order valence-corrected chi connectivity index (χ0v) is 16.1. The lowest BCUT2D eigenvalue weighted by atomic mass is 9.64. The molecule has 3 atom stereocenters. The maximum absolute atomic E-state index is 12.8. The molecule has 2 nitrogen and oxygen atoms in total. The molecule has 3 fully saturated rings. The van der Waals surface area contributed by atoms with Crippen LogP contribution in [0, 0.1) is 23.7 Å². The van der Waals surface area contributed by atoms with E-state index < -0.39 is 0 Å². The van der Waals surface area contributed by atoms with Gasteiger partial charge in [-0.3, -0.25) is 9.59 Å². The Hall–Kier alpha value is -0.660. The van der Waals surface area contributed by atoms with Crippen molar-refractivity contribution in [3.05, 3.63) is 0 Å². The quantitative estimate of drug-likeness (QED) is 0.402. The van der Waals surface area contributed by atoms with Gasteiger partial charge in [0.1, 0.15) is 11.6 Å². The largest absolute Gasteiger partial charge is 0.299 e. The number of carbonyl (C=O) groups excluding carboxylic acids is 2. The molecule has 0 bridgehead atoms. The van der Waals surface area contributed by atoms with Crippen LogP contribution in [-0.4, -0.2) is 11.6 Å². The van der Waals surface area contributed by atoms with Crippen molar-refractivity contribution < 1.29 is 9.59 Å². The van der Waals surface area contributed by atoms with E-state index in [4.69, 9.17) is 0 Å². The minimum Gasteiger partial charge on any atom is -0.299 e. The Bertz CT molecular complexity index is 431. The van der Waals surface area contributed by atoms with Gasteiger partial charge < -0.3 is 0 Å². The van der Waals surface area contributed by atoms with Gasteiger partial charge in [0, 0.05) is 24.7 Å². The summed E-state index contributed by atoms with van der Waals surface area (Å²) in [5.74, 6) is 3.24. The third kappa shape index (κ3) is 5.41. The molecule has 0 amide bonds. The molecule has 0 saturated heterocycles. The van der Waals surface area contributed by atoms with Crippen LogP contribution in [-0.2, 0) is 9.59 Å². The molecule has 142 valence electrons. The number of hydrogen-bond acceptors (Lipinski definition) is 2. The smallest absolute Gasteiger partial charge is 0.136 e. The SMILES string of the molecule is O=C(CCCCC(=O)C1CCCC2CCCCC21)C1CCCCCC1. The van der Waals surface area contributed by atoms with Crippen molar-refractivity contribution >= 4 is 11.6 Å². The molecule has 0 radical (unpaired) electrons. The lowest BCUT2D eigenvalue weighted by Gasteiger charge is -2.40. The molecular weight excluding hydrogens is 308 g/mol. The van der Waals surface area contributed by atoms with Crippen LogP contribution >= 0.6 is 0 Å². The first-order chi connectivity index (χ1) is 12.3. The van der Waals surface area contributed by atoms with Crippen molar-refractivity contribution in [3.63, 3.8) is 0 Å². The number of carbonyl (C=O) groups is 2. The third-order valence-electron chi connectivity index (χ3n) is 7.40. The number of unbranched alkanes of at least 4 members (excludes halogenated alkanes) is 1. The van der Waals surface area contributed by atoms with Gasteiger partial charge in [0.15, 0.2) is 0 Å². The van der Waals surface area contributed by atoms with Gasteiger partial charge >= 0.3 is 0 Å². The Balaban J connectivity index is 1.36. The summed E-state index contributed by atoms with van der Waals surface area (Å²) in [4.78, 5) is 25.2. The Kier molecular flexibility index (Phi) is 7.55. The molecule has 25 heavy (non-hydrogen) atoms. The van der Waals surface area contributed by atoms with Crippen LogP contribution < -0.4 is 0 Å². The summed E-state index contributed by atoms with van der Waals surface area (Å²) in [5.41, 5.74) is 0. The zero-order valence-electron chi connectivity index (χ0n) is 16.1. The molecule has 3 saturated carbocycles. The summed E-state index contributed by atoms with van der Waals surface area (Å²) in [5, 5.41) is 0. The second-order valence-electron chi connectivity index (χ2n) is 9.07. The highest BCUT2D eigenvalue weighted by atomic mass is 16.1. The Labute approximate surface area is 154 Å². The van der Waals surface area contributed by atoms with Gasteiger partial charge in [0.05, 0.1) is 0 Å². The van der Waals surface area contributed by atoms with Crippen LogP contribution in [0.4, 0.5) is 0 Å². The summed E-state index contributed by atoms with van der Waals surface area (Å²) in [7, 11) is 0. The van der Waals surface area contributed by atoms with Gasteiger partial charge in [-0.25, -0.2) is 0 Å². The summed E-state index contributed by atoms with van der Waals surface area (Å²) in [6, 6.07) is 0. The Morgan fingerprint density at radius 2 is 1.20 bits per heavy atom. The molecule has 3 rings (SSSR count). The fourth-order valence-electron chi connectivity index (χ4n) is 5.93. The monoisotopic (exact) mass is 346 g/mol. The molecular formula is C23H38O2. The molecule has 0 aliphatic heterocycles. The highest BCUT2D eigenvalue weighted by Gasteiger charge is 2.37. The number of fused-ring (bicyclic) bond motifs is 1. The van der Waals surface area contributed by atoms with E-state index in [1.54, 1.807) is 0 Å². The molecule has 2 heteroatoms. The molecule has 0 spiro atoms. The molecule has 0 aromatic heterocycles. The molecule has 0 heterocycles. The molecule has 0 N–H and O–H groups in total. The van der Waals surface area contributed by atoms with Crippen molar-refractivity contribution in [1.82, 2.24) is 0 Å². The first-order valence-corrected chi connectivity index (χ1v) is 11.3. The van der Waals surface area contributed by atoms with E-state index in [1.165, 1.54) is 64.2 Å². The van der Waals surface area contributed by atoms with Gasteiger partial charge in [-0.15, -0.1) is 0 Å². The van der Waals surface area contributed by atoms with E-state index in [-0.39, 0.29) is 0 Å². The summed E-state index contributed by atoms with van der Waals surface area (Å²) in [6.07, 6.45) is 19.8. The zero-order chi connectivity index (χ0) is 17.5. The van der Waals surface area contributed by atoms with Crippen LogP contribution in [0.25, 0.3) is 0 Å². The fraction of sp³-hybridized carbons (Fsp3) is 0.913. The summed E-state index contributed by atoms with van der Waals surface area (Å²) >= 11 is 0. The standard InChI is InChI=1S/C23H38O2/c24-22(19-11-3-1-2-4-12-19)16-7-8-17-23(25)21-15-9-13-18-10-5-6-14-20(18)21/h18-21H,1-17H2. The number of rotatable bonds is 7. The fourth-order valence-corrected chi connectivity index (χ4v) is 5.93. The molecule has 3 unspecified atom stereocenters. The van der Waals surface area contributed by atoms with Crippen LogP contribution in [0.5, 0.6) is 0 Å². The molecule has 3 aliphatic rings. The van der Waals surface area contributed by atoms with Gasteiger partial charge in [-0.05, 0) is 50.4 Å². The second kappa shape index (κ2) is 9.88. The number of ketones is 2. The number of Topliss-reactive ketones (excluding diaryl/α,β-unsaturated/α-hetero) is 2. The number of hydrogen-bond donors (Lipinski definition) is 0. The molecule has 0 aromatic rings. The topological polar surface area (TPSA) is 34.1 Å². The van der Waals surface area contributed by atoms with Gasteiger partial charge in [-0.1, -0.05) is 57.8 Å². The maximum Gasteiger partial charge on any atom is 0.136 e. The summed E-state index contributed by atoms with van der Waals surface area (Å²) < 4.78 is 0. The van der Waals surface area contributed by atoms with E-state index in [0.717, 1.165) is 44.4 Å². The van der Waals surface area contributed by atoms with Crippen LogP contribution in [0.3, 0.4) is 0 Å². The van der Waals surface area contributed by atoms with Crippen molar-refractivity contribution in [2.24, 2.45) is 23.7 Å². The van der Waals surface area contributed by atoms with E-state index >= 15 is 0 Å². The van der Waals surface area contributed by atoms with E-state index in [9.17, 15) is 9.59 Å². The van der Waals surface area contributed by atoms with Crippen molar-refractivity contribution in [2.45, 2.75) is 109 Å². The Morgan fingerprint density at radius 1 is 0.600 bits per heavy atom. The van der Waals surface area contributed by atoms with E-state index in [1.807, 2.05) is 0 Å². The average molecular weight is 347 g/mol. The first-order valence-electron chi connectivity index (χ1n) is 11.3. The lowest BCUT2D eigenvalue weighted by Crippen LogP contribution is -2.35. The first kappa shape index (κ1) is 19.1. The predicted octanol–water partition coefficient (Wildman–Crippen LogP) is 6.26. The minimum atomic E-state index is 0.333. The molecule has 0 aromatic carbocycles. The van der Waals surface area contributed by atoms with Crippen LogP contribution in [0.1, 0.15) is 109 Å². The van der Waals surface area contributed by atoms with Crippen molar-refractivity contribution in [1.29, 1.82) is 0 Å². The van der Waals surface area contributed by atoms with Gasteiger partial charge in [0.2, 0.25) is 0 Å². The van der Waals surface area contributed by atoms with Gasteiger partial charge in [-0.2, -0.15) is 0 Å². The van der Waals surface area contributed by atoms with Crippen molar-refractivity contribution in [2.75, 3.05) is 0 Å². The second-order valence-corrected chi connectivity index (χ2v) is 9.07. The van der Waals surface area contributed by atoms with Crippen LogP contribution in [0.2, 0.25) is 0 Å². The van der Waals surface area contributed by atoms with E-state index in [2.05, 4.69) is 0 Å².